The van der Waals surface area contributed by atoms with Gasteiger partial charge in [-0.1, -0.05) is 23.7 Å². The smallest absolute Gasteiger partial charge is 0.383 e. The molecule has 0 radical (unpaired) electrons. The van der Waals surface area contributed by atoms with Gasteiger partial charge in [0.2, 0.25) is 0 Å². The van der Waals surface area contributed by atoms with Gasteiger partial charge in [0, 0.05) is 10.6 Å². The summed E-state index contributed by atoms with van der Waals surface area (Å²) < 4.78 is 38.8. The highest BCUT2D eigenvalue weighted by molar-refractivity contribution is 6.30. The molecule has 2 rings (SSSR count). The molecule has 0 aliphatic carbocycles. The fourth-order valence-corrected chi connectivity index (χ4v) is 1.80. The van der Waals surface area contributed by atoms with Gasteiger partial charge in [-0.05, 0) is 18.2 Å². The number of nitrogens with two attached hydrogens (primary N) is 1. The molecular weight excluding hydrogens is 291 g/mol. The lowest BCUT2D eigenvalue weighted by Gasteiger charge is -2.12. The van der Waals surface area contributed by atoms with Crippen molar-refractivity contribution in [3.8, 4) is 17.3 Å². The first-order chi connectivity index (χ1) is 9.32. The van der Waals surface area contributed by atoms with E-state index in [1.165, 1.54) is 30.3 Å². The summed E-state index contributed by atoms with van der Waals surface area (Å²) in [6, 6.07) is 8.34. The van der Waals surface area contributed by atoms with Gasteiger partial charge in [-0.2, -0.15) is 18.4 Å². The number of nitrogens with zero attached hydrogens (tertiary/aromatic N) is 2. The molecule has 0 aliphatic rings. The molecule has 0 spiro atoms. The average Bonchev–Trinajstić information content (AvgIpc) is 2.37. The molecule has 0 amide bonds. The fourth-order valence-electron chi connectivity index (χ4n) is 1.67. The zero-order valence-corrected chi connectivity index (χ0v) is 10.6. The third-order valence-corrected chi connectivity index (χ3v) is 2.86. The Hall–Kier alpha value is -2.26. The van der Waals surface area contributed by atoms with E-state index in [9.17, 15) is 13.2 Å². The number of aromatic nitrogens is 1. The van der Waals surface area contributed by atoms with Crippen molar-refractivity contribution in [3.05, 3.63) is 46.5 Å². The molecule has 2 aromatic rings. The summed E-state index contributed by atoms with van der Waals surface area (Å²) in [4.78, 5) is 3.83. The van der Waals surface area contributed by atoms with Gasteiger partial charge in [-0.15, -0.1) is 0 Å². The van der Waals surface area contributed by atoms with Crippen molar-refractivity contribution in [2.75, 3.05) is 5.73 Å². The third kappa shape index (κ3) is 2.68. The Balaban J connectivity index is 2.66. The Morgan fingerprint density at radius 3 is 2.30 bits per heavy atom. The van der Waals surface area contributed by atoms with Crippen LogP contribution in [0.4, 0.5) is 19.0 Å². The van der Waals surface area contributed by atoms with Crippen LogP contribution in [0.15, 0.2) is 30.3 Å². The molecule has 1 aromatic carbocycles. The van der Waals surface area contributed by atoms with Crippen LogP contribution in [0.1, 0.15) is 11.1 Å². The number of nitrogen functional groups attached to an aromatic ring is 1. The normalized spacial score (nSPS) is 11.2. The molecular formula is C13H7ClF3N3. The molecule has 3 nitrogen and oxygen atoms in total. The van der Waals surface area contributed by atoms with E-state index < -0.39 is 23.1 Å². The van der Waals surface area contributed by atoms with Gasteiger partial charge in [-0.25, -0.2) is 4.98 Å². The number of alkyl halides is 3. The van der Waals surface area contributed by atoms with E-state index in [2.05, 4.69) is 4.98 Å². The lowest BCUT2D eigenvalue weighted by Crippen LogP contribution is -2.11. The van der Waals surface area contributed by atoms with Crippen molar-refractivity contribution in [2.45, 2.75) is 6.18 Å². The predicted molar refractivity (Wildman–Crippen MR) is 68.8 cm³/mol. The van der Waals surface area contributed by atoms with Gasteiger partial charge in [-0.3, -0.25) is 0 Å². The molecule has 0 unspecified atom stereocenters. The number of nitriles is 1. The largest absolute Gasteiger partial charge is 0.417 e. The Morgan fingerprint density at radius 2 is 1.80 bits per heavy atom. The maximum atomic E-state index is 12.9. The quantitative estimate of drug-likeness (QED) is 0.869. The van der Waals surface area contributed by atoms with Crippen LogP contribution < -0.4 is 5.73 Å². The molecule has 7 heteroatoms. The maximum absolute atomic E-state index is 12.9. The van der Waals surface area contributed by atoms with Crippen LogP contribution in [0, 0.1) is 11.3 Å². The molecule has 0 aliphatic heterocycles. The van der Waals surface area contributed by atoms with Crippen LogP contribution in [0.3, 0.4) is 0 Å². The lowest BCUT2D eigenvalue weighted by atomic mass is 10.0. The molecule has 0 fully saturated rings. The summed E-state index contributed by atoms with van der Waals surface area (Å²) in [6.07, 6.45) is -4.68. The number of anilines is 1. The minimum Gasteiger partial charge on any atom is -0.383 e. The molecule has 0 atom stereocenters. The molecule has 102 valence electrons. The summed E-state index contributed by atoms with van der Waals surface area (Å²) >= 11 is 5.71. The van der Waals surface area contributed by atoms with Crippen LogP contribution in [0.25, 0.3) is 11.3 Å². The third-order valence-electron chi connectivity index (χ3n) is 2.60. The number of benzene rings is 1. The highest BCUT2D eigenvalue weighted by atomic mass is 35.5. The highest BCUT2D eigenvalue weighted by Gasteiger charge is 2.35. The summed E-state index contributed by atoms with van der Waals surface area (Å²) in [5, 5.41) is 9.22. The van der Waals surface area contributed by atoms with Gasteiger partial charge in [0.05, 0.1) is 11.3 Å². The van der Waals surface area contributed by atoms with E-state index in [0.29, 0.717) is 10.6 Å². The molecule has 1 heterocycles. The van der Waals surface area contributed by atoms with Crippen molar-refractivity contribution in [1.29, 1.82) is 5.26 Å². The van der Waals surface area contributed by atoms with E-state index in [1.807, 2.05) is 0 Å². The van der Waals surface area contributed by atoms with Gasteiger partial charge < -0.3 is 5.73 Å². The molecule has 0 saturated heterocycles. The minimum absolute atomic E-state index is 0.0329. The molecule has 1 aromatic heterocycles. The van der Waals surface area contributed by atoms with Crippen molar-refractivity contribution >= 4 is 17.4 Å². The number of rotatable bonds is 1. The second-order valence-electron chi connectivity index (χ2n) is 3.93. The Kier molecular flexibility index (Phi) is 3.55. The summed E-state index contributed by atoms with van der Waals surface area (Å²) in [5.41, 5.74) is 4.13. The SMILES string of the molecule is N#Cc1c(C(F)(F)F)cc(-c2ccc(Cl)cc2)nc1N. The molecule has 20 heavy (non-hydrogen) atoms. The van der Waals surface area contributed by atoms with Gasteiger partial charge >= 0.3 is 6.18 Å². The highest BCUT2D eigenvalue weighted by Crippen LogP contribution is 2.36. The van der Waals surface area contributed by atoms with Crippen LogP contribution in [-0.4, -0.2) is 4.98 Å². The second-order valence-corrected chi connectivity index (χ2v) is 4.37. The predicted octanol–water partition coefficient (Wildman–Crippen LogP) is 3.87. The van der Waals surface area contributed by atoms with Crippen molar-refractivity contribution in [1.82, 2.24) is 4.98 Å². The number of pyridine rings is 1. The maximum Gasteiger partial charge on any atom is 0.417 e. The summed E-state index contributed by atoms with van der Waals surface area (Å²) in [5.74, 6) is -0.452. The van der Waals surface area contributed by atoms with Crippen LogP contribution in [-0.2, 0) is 6.18 Å². The van der Waals surface area contributed by atoms with Crippen molar-refractivity contribution < 1.29 is 13.2 Å². The first kappa shape index (κ1) is 14.2. The van der Waals surface area contributed by atoms with Crippen LogP contribution in [0.2, 0.25) is 5.02 Å². The van der Waals surface area contributed by atoms with Gasteiger partial charge in [0.1, 0.15) is 17.5 Å². The number of hydrogen-bond donors (Lipinski definition) is 1. The van der Waals surface area contributed by atoms with Crippen LogP contribution in [0.5, 0.6) is 0 Å². The van der Waals surface area contributed by atoms with Crippen molar-refractivity contribution in [3.63, 3.8) is 0 Å². The zero-order chi connectivity index (χ0) is 14.9. The van der Waals surface area contributed by atoms with Gasteiger partial charge in [0.25, 0.3) is 0 Å². The molecule has 0 saturated carbocycles. The van der Waals surface area contributed by atoms with E-state index in [4.69, 9.17) is 22.6 Å². The number of halogens is 4. The van der Waals surface area contributed by atoms with E-state index in [0.717, 1.165) is 6.07 Å². The minimum atomic E-state index is -4.68. The summed E-state index contributed by atoms with van der Waals surface area (Å²) in [7, 11) is 0. The second kappa shape index (κ2) is 5.02. The average molecular weight is 298 g/mol. The first-order valence-corrected chi connectivity index (χ1v) is 5.74. The lowest BCUT2D eigenvalue weighted by molar-refractivity contribution is -0.137. The zero-order valence-electron chi connectivity index (χ0n) is 9.87. The fraction of sp³-hybridized carbons (Fsp3) is 0.0769. The van der Waals surface area contributed by atoms with E-state index in [-0.39, 0.29) is 5.69 Å². The Labute approximate surface area is 117 Å². The van der Waals surface area contributed by atoms with Gasteiger partial charge in [0.15, 0.2) is 0 Å². The van der Waals surface area contributed by atoms with Crippen molar-refractivity contribution in [2.24, 2.45) is 0 Å². The first-order valence-electron chi connectivity index (χ1n) is 5.36. The van der Waals surface area contributed by atoms with Crippen LogP contribution >= 0.6 is 11.6 Å². The van der Waals surface area contributed by atoms with E-state index in [1.54, 1.807) is 0 Å². The molecule has 0 bridgehead atoms. The topological polar surface area (TPSA) is 62.7 Å². The Bertz CT molecular complexity index is 688. The molecule has 2 N–H and O–H groups in total. The number of hydrogen-bond acceptors (Lipinski definition) is 3. The Morgan fingerprint density at radius 1 is 1.20 bits per heavy atom. The standard InChI is InChI=1S/C13H7ClF3N3/c14-8-3-1-7(2-4-8)11-5-10(13(15,16)17)9(6-18)12(19)20-11/h1-5H,(H2,19,20). The monoisotopic (exact) mass is 297 g/mol. The van der Waals surface area contributed by atoms with E-state index >= 15 is 0 Å². The summed E-state index contributed by atoms with van der Waals surface area (Å²) in [6.45, 7) is 0.